The van der Waals surface area contributed by atoms with Crippen LogP contribution in [-0.4, -0.2) is 11.7 Å². The summed E-state index contributed by atoms with van der Waals surface area (Å²) in [6.45, 7) is 5.59. The molecular formula is C13H16O2. The lowest BCUT2D eigenvalue weighted by Gasteiger charge is -2.05. The molecule has 1 aromatic rings. The highest BCUT2D eigenvalue weighted by Crippen LogP contribution is 2.13. The average molecular weight is 204 g/mol. The van der Waals surface area contributed by atoms with Gasteiger partial charge in [0.15, 0.2) is 12.4 Å². The molecule has 0 bridgehead atoms. The Kier molecular flexibility index (Phi) is 4.52. The number of rotatable bonds is 5. The third-order valence-electron chi connectivity index (χ3n) is 2.04. The van der Waals surface area contributed by atoms with E-state index in [2.05, 4.69) is 19.2 Å². The molecule has 0 radical (unpaired) electrons. The van der Waals surface area contributed by atoms with Gasteiger partial charge in [-0.3, -0.25) is 0 Å². The van der Waals surface area contributed by atoms with E-state index in [0.29, 0.717) is 0 Å². The zero-order chi connectivity index (χ0) is 11.1. The fourth-order valence-corrected chi connectivity index (χ4v) is 1.24. The summed E-state index contributed by atoms with van der Waals surface area (Å²) in [5.41, 5.74) is 3.66. The van der Waals surface area contributed by atoms with E-state index in [1.54, 1.807) is 0 Å². The summed E-state index contributed by atoms with van der Waals surface area (Å²) in [5.74, 6) is 0.768. The van der Waals surface area contributed by atoms with E-state index in [9.17, 15) is 0 Å². The fourth-order valence-electron chi connectivity index (χ4n) is 1.24. The van der Waals surface area contributed by atoms with Crippen molar-refractivity contribution in [1.29, 1.82) is 0 Å². The minimum Gasteiger partial charge on any atom is -0.502 e. The Hall–Kier alpha value is -1.66. The van der Waals surface area contributed by atoms with Crippen LogP contribution in [0.1, 0.15) is 18.9 Å². The van der Waals surface area contributed by atoms with Crippen LogP contribution in [0.4, 0.5) is 0 Å². The molecule has 1 N–H and O–H groups in total. The molecule has 80 valence electrons. The maximum Gasteiger partial charge on any atom is 0.172 e. The van der Waals surface area contributed by atoms with E-state index in [-0.39, 0.29) is 12.4 Å². The van der Waals surface area contributed by atoms with Gasteiger partial charge in [0.1, 0.15) is 5.75 Å². The summed E-state index contributed by atoms with van der Waals surface area (Å²) in [7, 11) is 0. The smallest absolute Gasteiger partial charge is 0.172 e. The van der Waals surface area contributed by atoms with Crippen molar-refractivity contribution in [2.75, 3.05) is 6.61 Å². The van der Waals surface area contributed by atoms with Gasteiger partial charge in [-0.15, -0.1) is 0 Å². The van der Waals surface area contributed by atoms with E-state index < -0.39 is 0 Å². The summed E-state index contributed by atoms with van der Waals surface area (Å²) in [4.78, 5) is 0. The van der Waals surface area contributed by atoms with Crippen molar-refractivity contribution in [2.45, 2.75) is 19.8 Å². The van der Waals surface area contributed by atoms with Gasteiger partial charge in [0.05, 0.1) is 0 Å². The molecule has 0 amide bonds. The van der Waals surface area contributed by atoms with Crippen LogP contribution in [0.5, 0.6) is 5.75 Å². The lowest BCUT2D eigenvalue weighted by Crippen LogP contribution is -1.99. The van der Waals surface area contributed by atoms with Gasteiger partial charge in [-0.1, -0.05) is 37.8 Å². The maximum absolute atomic E-state index is 9.08. The molecule has 0 heterocycles. The topological polar surface area (TPSA) is 29.5 Å². The molecular weight excluding hydrogens is 188 g/mol. The molecule has 0 saturated carbocycles. The van der Waals surface area contributed by atoms with Crippen LogP contribution in [0.15, 0.2) is 42.3 Å². The first-order valence-electron chi connectivity index (χ1n) is 5.06. The molecule has 0 unspecified atom stereocenters. The van der Waals surface area contributed by atoms with E-state index in [1.807, 2.05) is 24.3 Å². The summed E-state index contributed by atoms with van der Waals surface area (Å²) < 4.78 is 5.30. The standard InChI is InChI=1S/C13H16O2/c1-3-5-11-6-8-13(9-7-11)15-10-12(14)4-2/h6-9,14H,2-3,5,10H2,1H3. The number of aliphatic hydroxyl groups is 1. The van der Waals surface area contributed by atoms with Crippen LogP contribution in [-0.2, 0) is 6.42 Å². The molecule has 0 aliphatic rings. The van der Waals surface area contributed by atoms with Crippen LogP contribution in [0.2, 0.25) is 0 Å². The van der Waals surface area contributed by atoms with Crippen molar-refractivity contribution in [3.63, 3.8) is 0 Å². The van der Waals surface area contributed by atoms with Crippen LogP contribution in [0.3, 0.4) is 0 Å². The predicted octanol–water partition coefficient (Wildman–Crippen LogP) is 3.24. The fraction of sp³-hybridized carbons (Fsp3) is 0.308. The van der Waals surface area contributed by atoms with Gasteiger partial charge in [0.25, 0.3) is 0 Å². The molecule has 2 nitrogen and oxygen atoms in total. The molecule has 1 rings (SSSR count). The number of ether oxygens (including phenoxy) is 1. The van der Waals surface area contributed by atoms with Crippen LogP contribution in [0, 0.1) is 0 Å². The summed E-state index contributed by atoms with van der Waals surface area (Å²) in [6.07, 6.45) is 2.22. The highest BCUT2D eigenvalue weighted by atomic mass is 16.5. The molecule has 1 aromatic carbocycles. The molecule has 2 heteroatoms. The van der Waals surface area contributed by atoms with Crippen molar-refractivity contribution in [1.82, 2.24) is 0 Å². The third kappa shape index (κ3) is 3.92. The van der Waals surface area contributed by atoms with E-state index >= 15 is 0 Å². The quantitative estimate of drug-likeness (QED) is 0.589. The molecule has 0 aliphatic carbocycles. The van der Waals surface area contributed by atoms with Gasteiger partial charge < -0.3 is 9.84 Å². The Morgan fingerprint density at radius 1 is 1.40 bits per heavy atom. The first-order valence-corrected chi connectivity index (χ1v) is 5.06. The van der Waals surface area contributed by atoms with Gasteiger partial charge in [-0.05, 0) is 24.1 Å². The zero-order valence-corrected chi connectivity index (χ0v) is 8.99. The second-order valence-corrected chi connectivity index (χ2v) is 3.31. The van der Waals surface area contributed by atoms with Crippen molar-refractivity contribution in [3.05, 3.63) is 47.9 Å². The van der Waals surface area contributed by atoms with Crippen molar-refractivity contribution >= 4 is 0 Å². The second kappa shape index (κ2) is 5.94. The molecule has 0 spiro atoms. The van der Waals surface area contributed by atoms with Gasteiger partial charge in [0, 0.05) is 0 Å². The lowest BCUT2D eigenvalue weighted by molar-refractivity contribution is 0.271. The lowest BCUT2D eigenvalue weighted by atomic mass is 10.1. The maximum atomic E-state index is 9.08. The summed E-state index contributed by atoms with van der Waals surface area (Å²) >= 11 is 0. The molecule has 0 aromatic heterocycles. The third-order valence-corrected chi connectivity index (χ3v) is 2.04. The normalized spacial score (nSPS) is 9.40. The number of benzene rings is 1. The minimum atomic E-state index is 0.0210. The van der Waals surface area contributed by atoms with Crippen LogP contribution >= 0.6 is 0 Å². The monoisotopic (exact) mass is 204 g/mol. The van der Waals surface area contributed by atoms with Gasteiger partial charge in [0.2, 0.25) is 0 Å². The average Bonchev–Trinajstić information content (AvgIpc) is 2.28. The molecule has 0 saturated heterocycles. The van der Waals surface area contributed by atoms with Gasteiger partial charge >= 0.3 is 0 Å². The Labute approximate surface area is 90.5 Å². The van der Waals surface area contributed by atoms with Crippen LogP contribution < -0.4 is 4.74 Å². The van der Waals surface area contributed by atoms with Gasteiger partial charge in [-0.25, -0.2) is 0 Å². The largest absolute Gasteiger partial charge is 0.502 e. The Bertz CT molecular complexity index is 345. The number of hydrogen-bond donors (Lipinski definition) is 1. The van der Waals surface area contributed by atoms with Crippen molar-refractivity contribution in [3.8, 4) is 5.75 Å². The first-order chi connectivity index (χ1) is 7.26. The summed E-state index contributed by atoms with van der Waals surface area (Å²) in [5, 5.41) is 9.08. The molecule has 15 heavy (non-hydrogen) atoms. The van der Waals surface area contributed by atoms with E-state index in [4.69, 9.17) is 9.84 Å². The SMILES string of the molecule is C=C=C(O)COc1ccc(CCC)cc1. The number of aliphatic hydroxyl groups excluding tert-OH is 1. The zero-order valence-electron chi connectivity index (χ0n) is 8.99. The predicted molar refractivity (Wildman–Crippen MR) is 61.2 cm³/mol. The van der Waals surface area contributed by atoms with E-state index in [0.717, 1.165) is 18.6 Å². The Morgan fingerprint density at radius 2 is 2.07 bits per heavy atom. The van der Waals surface area contributed by atoms with Gasteiger partial charge in [-0.2, -0.15) is 0 Å². The van der Waals surface area contributed by atoms with Crippen molar-refractivity contribution in [2.24, 2.45) is 0 Å². The second-order valence-electron chi connectivity index (χ2n) is 3.31. The first kappa shape index (κ1) is 11.4. The summed E-state index contributed by atoms with van der Waals surface area (Å²) in [6, 6.07) is 7.88. The highest BCUT2D eigenvalue weighted by molar-refractivity contribution is 5.27. The minimum absolute atomic E-state index is 0.0210. The Balaban J connectivity index is 2.53. The number of hydrogen-bond acceptors (Lipinski definition) is 2. The number of aryl methyl sites for hydroxylation is 1. The molecule has 0 fully saturated rings. The molecule has 0 aliphatic heterocycles. The van der Waals surface area contributed by atoms with Crippen molar-refractivity contribution < 1.29 is 9.84 Å². The van der Waals surface area contributed by atoms with E-state index in [1.165, 1.54) is 5.56 Å². The Morgan fingerprint density at radius 3 is 2.60 bits per heavy atom. The molecule has 0 atom stereocenters. The van der Waals surface area contributed by atoms with Crippen LogP contribution in [0.25, 0.3) is 0 Å². The highest BCUT2D eigenvalue weighted by Gasteiger charge is 1.96.